The average molecular weight is 178 g/mol. The lowest BCUT2D eigenvalue weighted by Crippen LogP contribution is -1.74. The molecule has 12 heavy (non-hydrogen) atoms. The predicted molar refractivity (Wildman–Crippen MR) is 47.4 cm³/mol. The number of nitrogens with zero attached hydrogens (tertiary/aromatic N) is 3. The van der Waals surface area contributed by atoms with Gasteiger partial charge in [-0.1, -0.05) is 0 Å². The second-order valence-electron chi connectivity index (χ2n) is 2.13. The van der Waals surface area contributed by atoms with Gasteiger partial charge in [0, 0.05) is 5.38 Å². The van der Waals surface area contributed by atoms with Gasteiger partial charge in [-0.25, -0.2) is 4.98 Å². The highest BCUT2D eigenvalue weighted by atomic mass is 32.1. The number of H-pyrrole nitrogens is 1. The van der Waals surface area contributed by atoms with Crippen LogP contribution in [0.4, 0.5) is 0 Å². The molecule has 0 saturated heterocycles. The van der Waals surface area contributed by atoms with E-state index in [0.717, 1.165) is 11.5 Å². The zero-order chi connectivity index (χ0) is 8.23. The summed E-state index contributed by atoms with van der Waals surface area (Å²) in [4.78, 5) is 3.94. The van der Waals surface area contributed by atoms with Gasteiger partial charge in [-0.15, -0.1) is 0 Å². The van der Waals surface area contributed by atoms with Crippen molar-refractivity contribution in [3.05, 3.63) is 29.3 Å². The molecular formula is C7H6N4S. The summed E-state index contributed by atoms with van der Waals surface area (Å²) in [6.07, 6.45) is 5.19. The number of hydrogen-bond acceptors (Lipinski definition) is 4. The van der Waals surface area contributed by atoms with Crippen LogP contribution < -0.4 is 0 Å². The molecule has 60 valence electrons. The topological polar surface area (TPSA) is 54.5 Å². The summed E-state index contributed by atoms with van der Waals surface area (Å²) in [5.41, 5.74) is 0.941. The van der Waals surface area contributed by atoms with E-state index in [1.54, 1.807) is 0 Å². The molecule has 0 atom stereocenters. The number of nitrogens with one attached hydrogen (secondary N) is 1. The van der Waals surface area contributed by atoms with E-state index in [0.29, 0.717) is 0 Å². The first kappa shape index (κ1) is 7.17. The largest absolute Gasteiger partial charge is 0.260 e. The fraction of sp³-hybridized carbons (Fsp3) is 0. The van der Waals surface area contributed by atoms with Gasteiger partial charge in [-0.05, 0) is 29.8 Å². The van der Waals surface area contributed by atoms with Crippen molar-refractivity contribution in [3.63, 3.8) is 0 Å². The van der Waals surface area contributed by atoms with E-state index < -0.39 is 0 Å². The van der Waals surface area contributed by atoms with Crippen molar-refractivity contribution < 1.29 is 0 Å². The van der Waals surface area contributed by atoms with Gasteiger partial charge in [-0.3, -0.25) is 5.10 Å². The van der Waals surface area contributed by atoms with Crippen LogP contribution in [0.1, 0.15) is 11.5 Å². The normalized spacial score (nSPS) is 11.0. The van der Waals surface area contributed by atoms with Crippen molar-refractivity contribution in [2.24, 2.45) is 0 Å². The third-order valence-corrected chi connectivity index (χ3v) is 1.88. The summed E-state index contributed by atoms with van der Waals surface area (Å²) in [5, 5.41) is 8.37. The zero-order valence-electron chi connectivity index (χ0n) is 6.14. The molecular weight excluding hydrogens is 172 g/mol. The Bertz CT molecular complexity index is 312. The van der Waals surface area contributed by atoms with Gasteiger partial charge in [0.2, 0.25) is 0 Å². The Morgan fingerprint density at radius 1 is 1.42 bits per heavy atom. The van der Waals surface area contributed by atoms with E-state index >= 15 is 0 Å². The van der Waals surface area contributed by atoms with Crippen LogP contribution >= 0.6 is 11.5 Å². The highest BCUT2D eigenvalue weighted by molar-refractivity contribution is 7.03. The lowest BCUT2D eigenvalue weighted by molar-refractivity contribution is 1.08. The van der Waals surface area contributed by atoms with Gasteiger partial charge in [0.1, 0.15) is 12.2 Å². The van der Waals surface area contributed by atoms with Crippen molar-refractivity contribution in [2.75, 3.05) is 0 Å². The van der Waals surface area contributed by atoms with Crippen LogP contribution in [-0.4, -0.2) is 19.6 Å². The van der Waals surface area contributed by atoms with E-state index in [2.05, 4.69) is 19.6 Å². The number of aromatic nitrogens is 4. The second-order valence-corrected chi connectivity index (χ2v) is 2.79. The number of rotatable bonds is 2. The standard InChI is InChI=1S/C7H6N4S/c1(6-3-4-12-11-6)2-7-8-5-9-10-7/h1-5H,(H,8,9,10). The average Bonchev–Trinajstić information content (AvgIpc) is 2.74. The summed E-state index contributed by atoms with van der Waals surface area (Å²) in [6, 6.07) is 1.94. The zero-order valence-corrected chi connectivity index (χ0v) is 6.95. The summed E-state index contributed by atoms with van der Waals surface area (Å²) >= 11 is 1.43. The minimum absolute atomic E-state index is 0.739. The van der Waals surface area contributed by atoms with E-state index in [1.165, 1.54) is 17.9 Å². The first-order valence-corrected chi connectivity index (χ1v) is 4.22. The highest BCUT2D eigenvalue weighted by Crippen LogP contribution is 2.03. The third kappa shape index (κ3) is 1.57. The van der Waals surface area contributed by atoms with E-state index in [9.17, 15) is 0 Å². The maximum Gasteiger partial charge on any atom is 0.148 e. The Kier molecular flexibility index (Phi) is 1.96. The Hall–Kier alpha value is -1.49. The Balaban J connectivity index is 2.14. The first-order valence-electron chi connectivity index (χ1n) is 3.39. The molecule has 0 fully saturated rings. The SMILES string of the molecule is C(=Cc1ncn[nH]1)c1ccsn1. The smallest absolute Gasteiger partial charge is 0.148 e. The minimum atomic E-state index is 0.739. The molecule has 2 rings (SSSR count). The molecule has 0 spiro atoms. The quantitative estimate of drug-likeness (QED) is 0.756. The Morgan fingerprint density at radius 2 is 2.42 bits per heavy atom. The molecule has 0 aromatic carbocycles. The maximum atomic E-state index is 4.11. The van der Waals surface area contributed by atoms with Crippen molar-refractivity contribution in [1.29, 1.82) is 0 Å². The first-order chi connectivity index (χ1) is 5.95. The van der Waals surface area contributed by atoms with Gasteiger partial charge >= 0.3 is 0 Å². The van der Waals surface area contributed by atoms with Crippen molar-refractivity contribution >= 4 is 23.7 Å². The highest BCUT2D eigenvalue weighted by Gasteiger charge is 1.89. The van der Waals surface area contributed by atoms with Crippen molar-refractivity contribution in [1.82, 2.24) is 19.6 Å². The summed E-state index contributed by atoms with van der Waals surface area (Å²) in [5.74, 6) is 0.739. The molecule has 0 amide bonds. The molecule has 0 saturated carbocycles. The Labute approximate surface area is 73.1 Å². The van der Waals surface area contributed by atoms with Crippen molar-refractivity contribution in [3.8, 4) is 0 Å². The van der Waals surface area contributed by atoms with Gasteiger partial charge in [0.05, 0.1) is 5.69 Å². The van der Waals surface area contributed by atoms with Gasteiger partial charge in [0.15, 0.2) is 0 Å². The van der Waals surface area contributed by atoms with Gasteiger partial charge in [0.25, 0.3) is 0 Å². The van der Waals surface area contributed by atoms with Gasteiger partial charge < -0.3 is 0 Å². The van der Waals surface area contributed by atoms with Crippen molar-refractivity contribution in [2.45, 2.75) is 0 Å². The molecule has 2 aromatic rings. The monoisotopic (exact) mass is 178 g/mol. The fourth-order valence-electron chi connectivity index (χ4n) is 0.767. The lowest BCUT2D eigenvalue weighted by atomic mass is 10.4. The van der Waals surface area contributed by atoms with Crippen LogP contribution in [0.25, 0.3) is 12.2 Å². The number of hydrogen-bond donors (Lipinski definition) is 1. The third-order valence-electron chi connectivity index (χ3n) is 1.30. The van der Waals surface area contributed by atoms with Crippen LogP contribution in [0, 0.1) is 0 Å². The fourth-order valence-corrected chi connectivity index (χ4v) is 1.27. The van der Waals surface area contributed by atoms with Crippen LogP contribution in [0.5, 0.6) is 0 Å². The molecule has 5 heteroatoms. The summed E-state index contributed by atoms with van der Waals surface area (Å²) < 4.78 is 4.11. The minimum Gasteiger partial charge on any atom is -0.260 e. The summed E-state index contributed by atoms with van der Waals surface area (Å²) in [7, 11) is 0. The van der Waals surface area contributed by atoms with E-state index in [-0.39, 0.29) is 0 Å². The van der Waals surface area contributed by atoms with Crippen LogP contribution in [-0.2, 0) is 0 Å². The van der Waals surface area contributed by atoms with Crippen LogP contribution in [0.15, 0.2) is 17.8 Å². The molecule has 1 N–H and O–H groups in total. The molecule has 0 bridgehead atoms. The van der Waals surface area contributed by atoms with Crippen LogP contribution in [0.2, 0.25) is 0 Å². The molecule has 4 nitrogen and oxygen atoms in total. The molecule has 0 aliphatic heterocycles. The molecule has 0 aliphatic carbocycles. The second kappa shape index (κ2) is 3.27. The van der Waals surface area contributed by atoms with Gasteiger partial charge in [-0.2, -0.15) is 9.47 Å². The molecule has 2 heterocycles. The Morgan fingerprint density at radius 3 is 3.08 bits per heavy atom. The molecule has 0 unspecified atom stereocenters. The summed E-state index contributed by atoms with van der Waals surface area (Å²) in [6.45, 7) is 0. The molecule has 2 aromatic heterocycles. The van der Waals surface area contributed by atoms with E-state index in [4.69, 9.17) is 0 Å². The number of aromatic amines is 1. The molecule has 0 radical (unpaired) electrons. The van der Waals surface area contributed by atoms with E-state index in [1.807, 2.05) is 23.6 Å². The maximum absolute atomic E-state index is 4.11. The molecule has 0 aliphatic rings. The van der Waals surface area contributed by atoms with Crippen LogP contribution in [0.3, 0.4) is 0 Å². The predicted octanol–water partition coefficient (Wildman–Crippen LogP) is 1.43. The lowest BCUT2D eigenvalue weighted by Gasteiger charge is -1.80.